The van der Waals surface area contributed by atoms with Crippen molar-refractivity contribution in [3.8, 4) is 0 Å². The van der Waals surface area contributed by atoms with Crippen LogP contribution >= 0.6 is 23.2 Å². The fourth-order valence-corrected chi connectivity index (χ4v) is 4.52. The molecule has 2 nitrogen and oxygen atoms in total. The van der Waals surface area contributed by atoms with E-state index in [2.05, 4.69) is 49.7 Å². The van der Waals surface area contributed by atoms with Crippen molar-refractivity contribution in [3.05, 3.63) is 57.1 Å². The van der Waals surface area contributed by atoms with E-state index in [-0.39, 0.29) is 5.54 Å². The van der Waals surface area contributed by atoms with Crippen molar-refractivity contribution in [3.63, 3.8) is 0 Å². The Bertz CT molecular complexity index is 871. The first-order valence-electron chi connectivity index (χ1n) is 9.65. The maximum atomic E-state index is 6.66. The number of hydrogen-bond acceptors (Lipinski definition) is 2. The molecule has 0 saturated heterocycles. The number of nitrogens with zero attached hydrogens (tertiary/aromatic N) is 2. The fourth-order valence-electron chi connectivity index (χ4n) is 4.14. The number of aliphatic imine (C=N–C) groups is 1. The summed E-state index contributed by atoms with van der Waals surface area (Å²) in [6, 6.07) is 10.1. The first kappa shape index (κ1) is 20.2. The molecule has 1 atom stereocenters. The Morgan fingerprint density at radius 1 is 1.22 bits per heavy atom. The molecule has 1 aliphatic rings. The summed E-state index contributed by atoms with van der Waals surface area (Å²) >= 11 is 12.9. The van der Waals surface area contributed by atoms with Gasteiger partial charge in [-0.15, -0.1) is 0 Å². The van der Waals surface area contributed by atoms with Crippen molar-refractivity contribution in [1.82, 2.24) is 0 Å². The van der Waals surface area contributed by atoms with Gasteiger partial charge in [0.1, 0.15) is 0 Å². The average molecular weight is 403 g/mol. The van der Waals surface area contributed by atoms with Crippen LogP contribution in [0.15, 0.2) is 35.3 Å². The average Bonchev–Trinajstić information content (AvgIpc) is 2.60. The number of hydrogen-bond donors (Lipinski definition) is 0. The molecule has 2 aromatic carbocycles. The van der Waals surface area contributed by atoms with Gasteiger partial charge in [0.2, 0.25) is 0 Å². The number of fused-ring (bicyclic) bond motifs is 1. The molecule has 0 aliphatic carbocycles. The third-order valence-corrected chi connectivity index (χ3v) is 6.27. The van der Waals surface area contributed by atoms with E-state index in [1.807, 2.05) is 31.3 Å². The van der Waals surface area contributed by atoms with Gasteiger partial charge in [-0.3, -0.25) is 4.99 Å². The Kier molecular flexibility index (Phi) is 5.88. The molecule has 4 heteroatoms. The van der Waals surface area contributed by atoms with Gasteiger partial charge in [0.15, 0.2) is 0 Å². The second-order valence-electron chi connectivity index (χ2n) is 8.14. The summed E-state index contributed by atoms with van der Waals surface area (Å²) in [4.78, 5) is 7.16. The molecule has 2 aromatic rings. The molecule has 0 fully saturated rings. The summed E-state index contributed by atoms with van der Waals surface area (Å²) in [7, 11) is 0. The van der Waals surface area contributed by atoms with Gasteiger partial charge >= 0.3 is 0 Å². The Hall–Kier alpha value is -1.51. The van der Waals surface area contributed by atoms with Crippen LogP contribution in [0.25, 0.3) is 0 Å². The molecule has 0 amide bonds. The van der Waals surface area contributed by atoms with Crippen LogP contribution in [0.3, 0.4) is 0 Å². The van der Waals surface area contributed by atoms with Crippen LogP contribution in [0.4, 0.5) is 11.4 Å². The highest BCUT2D eigenvalue weighted by Gasteiger charge is 2.36. The first-order chi connectivity index (χ1) is 12.7. The van der Waals surface area contributed by atoms with Crippen LogP contribution in [0, 0.1) is 6.92 Å². The Morgan fingerprint density at radius 2 is 1.96 bits per heavy atom. The van der Waals surface area contributed by atoms with E-state index in [9.17, 15) is 0 Å². The second-order valence-corrected chi connectivity index (χ2v) is 8.96. The standard InChI is InChI=1S/C23H28Cl2N2/c1-6-10-27-22-12-20(25)17(11-18(22)15(2)13-23(27,4)5)14-26-21-9-7-8-19(24)16(21)3/h7-9,11-12,14-15H,6,10,13H2,1-5H3. The fraction of sp³-hybridized carbons (Fsp3) is 0.435. The van der Waals surface area contributed by atoms with Gasteiger partial charge in [0.25, 0.3) is 0 Å². The van der Waals surface area contributed by atoms with E-state index < -0.39 is 0 Å². The van der Waals surface area contributed by atoms with Gasteiger partial charge in [-0.2, -0.15) is 0 Å². The largest absolute Gasteiger partial charge is 0.366 e. The lowest BCUT2D eigenvalue weighted by molar-refractivity contribution is 0.376. The number of halogens is 2. The highest BCUT2D eigenvalue weighted by molar-refractivity contribution is 6.33. The van der Waals surface area contributed by atoms with Crippen LogP contribution in [-0.4, -0.2) is 18.3 Å². The summed E-state index contributed by atoms with van der Waals surface area (Å²) in [6.07, 6.45) is 4.11. The van der Waals surface area contributed by atoms with E-state index >= 15 is 0 Å². The van der Waals surface area contributed by atoms with E-state index in [4.69, 9.17) is 23.2 Å². The molecule has 0 spiro atoms. The topological polar surface area (TPSA) is 15.6 Å². The highest BCUT2D eigenvalue weighted by Crippen LogP contribution is 2.45. The van der Waals surface area contributed by atoms with Gasteiger partial charge in [-0.05, 0) is 74.9 Å². The van der Waals surface area contributed by atoms with Crippen LogP contribution in [0.1, 0.15) is 63.1 Å². The third-order valence-electron chi connectivity index (χ3n) is 5.53. The zero-order valence-corrected chi connectivity index (χ0v) is 18.3. The quantitative estimate of drug-likeness (QED) is 0.481. The molecule has 3 rings (SSSR count). The predicted molar refractivity (Wildman–Crippen MR) is 120 cm³/mol. The highest BCUT2D eigenvalue weighted by atomic mass is 35.5. The minimum Gasteiger partial charge on any atom is -0.366 e. The van der Waals surface area contributed by atoms with Gasteiger partial charge in [-0.25, -0.2) is 0 Å². The lowest BCUT2D eigenvalue weighted by atomic mass is 9.79. The SMILES string of the molecule is CCCN1c2cc(Cl)c(C=Nc3cccc(Cl)c3C)cc2C(C)CC1(C)C. The lowest BCUT2D eigenvalue weighted by Crippen LogP contribution is -2.48. The predicted octanol–water partition coefficient (Wildman–Crippen LogP) is 7.55. The summed E-state index contributed by atoms with van der Waals surface area (Å²) in [5, 5.41) is 1.47. The Labute approximate surface area is 173 Å². The molecule has 0 bridgehead atoms. The smallest absolute Gasteiger partial charge is 0.0673 e. The molecule has 1 unspecified atom stereocenters. The van der Waals surface area contributed by atoms with E-state index in [1.165, 1.54) is 11.3 Å². The minimum atomic E-state index is 0.138. The molecule has 1 aliphatic heterocycles. The van der Waals surface area contributed by atoms with Gasteiger partial charge in [-0.1, -0.05) is 43.1 Å². The minimum absolute atomic E-state index is 0.138. The third kappa shape index (κ3) is 4.02. The molecule has 0 N–H and O–H groups in total. The van der Waals surface area contributed by atoms with Gasteiger partial charge in [0, 0.05) is 34.6 Å². The zero-order chi connectivity index (χ0) is 19.8. The Balaban J connectivity index is 2.02. The second kappa shape index (κ2) is 7.85. The van der Waals surface area contributed by atoms with Crippen molar-refractivity contribution in [1.29, 1.82) is 0 Å². The number of benzene rings is 2. The zero-order valence-electron chi connectivity index (χ0n) is 16.8. The summed E-state index contributed by atoms with van der Waals surface area (Å²) in [5.74, 6) is 0.487. The van der Waals surface area contributed by atoms with E-state index in [0.717, 1.165) is 46.2 Å². The maximum absolute atomic E-state index is 6.66. The monoisotopic (exact) mass is 402 g/mol. The summed E-state index contributed by atoms with van der Waals surface area (Å²) in [5.41, 5.74) is 5.57. The Morgan fingerprint density at radius 3 is 2.67 bits per heavy atom. The van der Waals surface area contributed by atoms with Gasteiger partial charge in [0.05, 0.1) is 10.7 Å². The van der Waals surface area contributed by atoms with Crippen LogP contribution in [-0.2, 0) is 0 Å². The van der Waals surface area contributed by atoms with Gasteiger partial charge < -0.3 is 4.90 Å². The van der Waals surface area contributed by atoms with Crippen molar-refractivity contribution >= 4 is 40.8 Å². The molecule has 1 heterocycles. The first-order valence-corrected chi connectivity index (χ1v) is 10.4. The molecule has 0 saturated carbocycles. The molecule has 0 radical (unpaired) electrons. The van der Waals surface area contributed by atoms with Crippen LogP contribution < -0.4 is 4.90 Å². The van der Waals surface area contributed by atoms with Crippen molar-refractivity contribution in [2.24, 2.45) is 4.99 Å². The van der Waals surface area contributed by atoms with Crippen molar-refractivity contribution < 1.29 is 0 Å². The summed E-state index contributed by atoms with van der Waals surface area (Å²) in [6.45, 7) is 12.2. The molecular weight excluding hydrogens is 375 g/mol. The van der Waals surface area contributed by atoms with Crippen molar-refractivity contribution in [2.75, 3.05) is 11.4 Å². The van der Waals surface area contributed by atoms with E-state index in [1.54, 1.807) is 0 Å². The number of rotatable bonds is 4. The number of anilines is 1. The van der Waals surface area contributed by atoms with E-state index in [0.29, 0.717) is 5.92 Å². The lowest BCUT2D eigenvalue weighted by Gasteiger charge is -2.47. The molecule has 0 aromatic heterocycles. The molecule has 144 valence electrons. The maximum Gasteiger partial charge on any atom is 0.0673 e. The normalized spacial score (nSPS) is 18.8. The van der Waals surface area contributed by atoms with Crippen LogP contribution in [0.5, 0.6) is 0 Å². The molecule has 27 heavy (non-hydrogen) atoms. The van der Waals surface area contributed by atoms with Crippen LogP contribution in [0.2, 0.25) is 10.0 Å². The molecular formula is C23H28Cl2N2. The summed E-state index contributed by atoms with van der Waals surface area (Å²) < 4.78 is 0. The van der Waals surface area contributed by atoms with Crippen molar-refractivity contribution in [2.45, 2.75) is 58.9 Å².